The molecule has 0 bridgehead atoms. The van der Waals surface area contributed by atoms with Gasteiger partial charge in [-0.3, -0.25) is 4.98 Å². The first-order valence-corrected chi connectivity index (χ1v) is 7.80. The van der Waals surface area contributed by atoms with Gasteiger partial charge in [0.15, 0.2) is 0 Å². The lowest BCUT2D eigenvalue weighted by Crippen LogP contribution is -2.32. The highest BCUT2D eigenvalue weighted by Gasteiger charge is 2.19. The summed E-state index contributed by atoms with van der Waals surface area (Å²) in [6.07, 6.45) is 2.43. The maximum absolute atomic E-state index is 12.3. The maximum atomic E-state index is 12.3. The predicted octanol–water partition coefficient (Wildman–Crippen LogP) is 2.62. The molecule has 19 heavy (non-hydrogen) atoms. The van der Waals surface area contributed by atoms with E-state index in [0.29, 0.717) is 5.52 Å². The van der Waals surface area contributed by atoms with Gasteiger partial charge >= 0.3 is 0 Å². The molecule has 1 heterocycles. The van der Waals surface area contributed by atoms with Gasteiger partial charge in [0.2, 0.25) is 10.0 Å². The molecule has 0 aliphatic heterocycles. The van der Waals surface area contributed by atoms with Crippen LogP contribution < -0.4 is 4.72 Å². The summed E-state index contributed by atoms with van der Waals surface area (Å²) in [5, 5.41) is 0.840. The second kappa shape index (κ2) is 5.27. The number of benzene rings is 1. The van der Waals surface area contributed by atoms with E-state index in [1.807, 2.05) is 32.9 Å². The standard InChI is InChI=1S/C14H18N2O2S/c1-4-11(3)16-19(17,18)13-7-5-6-12-8-10(2)9-15-14(12)13/h5-9,11,16H,4H2,1-3H3/t11-/m0/s1. The van der Waals surface area contributed by atoms with Gasteiger partial charge in [-0.2, -0.15) is 0 Å². The molecule has 4 nitrogen and oxygen atoms in total. The van der Waals surface area contributed by atoms with Crippen molar-refractivity contribution < 1.29 is 8.42 Å². The summed E-state index contributed by atoms with van der Waals surface area (Å²) in [5.74, 6) is 0. The van der Waals surface area contributed by atoms with Crippen LogP contribution in [-0.4, -0.2) is 19.4 Å². The number of aromatic nitrogens is 1. The Bertz CT molecular complexity index is 696. The molecule has 2 aromatic rings. The molecule has 0 saturated carbocycles. The van der Waals surface area contributed by atoms with Crippen molar-refractivity contribution in [3.8, 4) is 0 Å². The van der Waals surface area contributed by atoms with Crippen LogP contribution in [0, 0.1) is 6.92 Å². The van der Waals surface area contributed by atoms with E-state index in [2.05, 4.69) is 9.71 Å². The van der Waals surface area contributed by atoms with Crippen LogP contribution in [0.25, 0.3) is 10.9 Å². The van der Waals surface area contributed by atoms with Crippen molar-refractivity contribution in [3.63, 3.8) is 0 Å². The lowest BCUT2D eigenvalue weighted by molar-refractivity contribution is 0.556. The number of para-hydroxylation sites is 1. The van der Waals surface area contributed by atoms with Crippen molar-refractivity contribution in [2.45, 2.75) is 38.1 Å². The molecule has 1 atom stereocenters. The number of fused-ring (bicyclic) bond motifs is 1. The first-order valence-electron chi connectivity index (χ1n) is 6.31. The van der Waals surface area contributed by atoms with Crippen LogP contribution >= 0.6 is 0 Å². The summed E-state index contributed by atoms with van der Waals surface area (Å²) in [5.41, 5.74) is 1.53. The Kier molecular flexibility index (Phi) is 3.87. The van der Waals surface area contributed by atoms with Crippen LogP contribution in [0.1, 0.15) is 25.8 Å². The Morgan fingerprint density at radius 2 is 2.11 bits per heavy atom. The van der Waals surface area contributed by atoms with Crippen molar-refractivity contribution in [2.24, 2.45) is 0 Å². The highest BCUT2D eigenvalue weighted by atomic mass is 32.2. The molecular formula is C14H18N2O2S. The minimum atomic E-state index is -3.52. The molecule has 0 spiro atoms. The maximum Gasteiger partial charge on any atom is 0.242 e. The van der Waals surface area contributed by atoms with Crippen LogP contribution in [0.5, 0.6) is 0 Å². The van der Waals surface area contributed by atoms with Crippen LogP contribution in [0.3, 0.4) is 0 Å². The molecule has 0 aliphatic carbocycles. The van der Waals surface area contributed by atoms with Gasteiger partial charge in [-0.15, -0.1) is 0 Å². The van der Waals surface area contributed by atoms with Crippen molar-refractivity contribution in [1.82, 2.24) is 9.71 Å². The second-order valence-corrected chi connectivity index (χ2v) is 6.45. The number of nitrogens with zero attached hydrogens (tertiary/aromatic N) is 1. The van der Waals surface area contributed by atoms with Crippen LogP contribution in [0.2, 0.25) is 0 Å². The van der Waals surface area contributed by atoms with E-state index in [0.717, 1.165) is 17.4 Å². The van der Waals surface area contributed by atoms with Gasteiger partial charge in [0.1, 0.15) is 4.90 Å². The van der Waals surface area contributed by atoms with Crippen LogP contribution in [-0.2, 0) is 10.0 Å². The third-order valence-electron chi connectivity index (χ3n) is 3.07. The molecule has 0 fully saturated rings. The molecule has 1 N–H and O–H groups in total. The van der Waals surface area contributed by atoms with E-state index in [1.54, 1.807) is 18.3 Å². The average Bonchev–Trinajstić information content (AvgIpc) is 2.37. The third kappa shape index (κ3) is 2.93. The highest BCUT2D eigenvalue weighted by Crippen LogP contribution is 2.21. The fraction of sp³-hybridized carbons (Fsp3) is 0.357. The van der Waals surface area contributed by atoms with Crippen molar-refractivity contribution in [3.05, 3.63) is 36.0 Å². The molecule has 1 aromatic heterocycles. The van der Waals surface area contributed by atoms with E-state index in [4.69, 9.17) is 0 Å². The highest BCUT2D eigenvalue weighted by molar-refractivity contribution is 7.89. The van der Waals surface area contributed by atoms with E-state index in [9.17, 15) is 8.42 Å². The van der Waals surface area contributed by atoms with Gasteiger partial charge in [-0.1, -0.05) is 19.1 Å². The van der Waals surface area contributed by atoms with Crippen LogP contribution in [0.4, 0.5) is 0 Å². The molecule has 0 unspecified atom stereocenters. The number of sulfonamides is 1. The topological polar surface area (TPSA) is 59.1 Å². The smallest absolute Gasteiger partial charge is 0.242 e. The summed E-state index contributed by atoms with van der Waals surface area (Å²) in [6.45, 7) is 5.73. The largest absolute Gasteiger partial charge is 0.255 e. The molecule has 5 heteroatoms. The predicted molar refractivity (Wildman–Crippen MR) is 76.6 cm³/mol. The molecule has 0 saturated heterocycles. The number of hydrogen-bond acceptors (Lipinski definition) is 3. The SMILES string of the molecule is CC[C@H](C)NS(=O)(=O)c1cccc2cc(C)cnc12. The molecule has 2 rings (SSSR count). The zero-order chi connectivity index (χ0) is 14.0. The summed E-state index contributed by atoms with van der Waals surface area (Å²) in [4.78, 5) is 4.50. The lowest BCUT2D eigenvalue weighted by atomic mass is 10.2. The second-order valence-electron chi connectivity index (χ2n) is 4.77. The van der Waals surface area contributed by atoms with Gasteiger partial charge in [-0.25, -0.2) is 13.1 Å². The van der Waals surface area contributed by atoms with Gasteiger partial charge in [-0.05, 0) is 38.0 Å². The molecule has 0 radical (unpaired) electrons. The Balaban J connectivity index is 2.56. The van der Waals surface area contributed by atoms with E-state index >= 15 is 0 Å². The fourth-order valence-corrected chi connectivity index (χ4v) is 3.38. The fourth-order valence-electron chi connectivity index (χ4n) is 1.87. The summed E-state index contributed by atoms with van der Waals surface area (Å²) < 4.78 is 27.4. The van der Waals surface area contributed by atoms with Crippen molar-refractivity contribution >= 4 is 20.9 Å². The van der Waals surface area contributed by atoms with Gasteiger partial charge in [0, 0.05) is 17.6 Å². The number of rotatable bonds is 4. The minimum Gasteiger partial charge on any atom is -0.255 e. The van der Waals surface area contributed by atoms with Crippen molar-refractivity contribution in [1.29, 1.82) is 0 Å². The van der Waals surface area contributed by atoms with Crippen molar-refractivity contribution in [2.75, 3.05) is 0 Å². The van der Waals surface area contributed by atoms with E-state index < -0.39 is 10.0 Å². The molecule has 1 aromatic carbocycles. The molecular weight excluding hydrogens is 260 g/mol. The van der Waals surface area contributed by atoms with E-state index in [1.165, 1.54) is 0 Å². The normalized spacial score (nSPS) is 13.6. The average molecular weight is 278 g/mol. The Morgan fingerprint density at radius 3 is 2.79 bits per heavy atom. The Labute approximate surface area is 113 Å². The first-order chi connectivity index (χ1) is 8.94. The Morgan fingerprint density at radius 1 is 1.37 bits per heavy atom. The first kappa shape index (κ1) is 14.0. The zero-order valence-electron chi connectivity index (χ0n) is 11.3. The molecule has 0 aliphatic rings. The number of nitrogens with one attached hydrogen (secondary N) is 1. The quantitative estimate of drug-likeness (QED) is 0.935. The summed E-state index contributed by atoms with van der Waals surface area (Å²) >= 11 is 0. The van der Waals surface area contributed by atoms with Gasteiger partial charge in [0.05, 0.1) is 5.52 Å². The third-order valence-corrected chi connectivity index (χ3v) is 4.69. The van der Waals surface area contributed by atoms with Gasteiger partial charge in [0.25, 0.3) is 0 Å². The number of aryl methyl sites for hydroxylation is 1. The summed E-state index contributed by atoms with van der Waals surface area (Å²) in [7, 11) is -3.52. The van der Waals surface area contributed by atoms with E-state index in [-0.39, 0.29) is 10.9 Å². The molecule has 0 amide bonds. The number of hydrogen-bond donors (Lipinski definition) is 1. The minimum absolute atomic E-state index is 0.0919. The number of pyridine rings is 1. The van der Waals surface area contributed by atoms with Gasteiger partial charge < -0.3 is 0 Å². The zero-order valence-corrected chi connectivity index (χ0v) is 12.2. The molecule has 102 valence electrons. The monoisotopic (exact) mass is 278 g/mol. The summed E-state index contributed by atoms with van der Waals surface area (Å²) in [6, 6.07) is 7.05. The Hall–Kier alpha value is -1.46. The lowest BCUT2D eigenvalue weighted by Gasteiger charge is -2.13. The van der Waals surface area contributed by atoms with Crippen LogP contribution in [0.15, 0.2) is 35.4 Å².